The minimum Gasteiger partial charge on any atom is -0.356 e. The Bertz CT molecular complexity index is 1750. The van der Waals surface area contributed by atoms with Gasteiger partial charge in [-0.05, 0) is 42.7 Å². The Morgan fingerprint density at radius 2 is 1.77 bits per heavy atom. The summed E-state index contributed by atoms with van der Waals surface area (Å²) < 4.78 is 3.00. The Labute approximate surface area is 233 Å². The molecule has 3 heterocycles. The van der Waals surface area contributed by atoms with Crippen LogP contribution in [0.1, 0.15) is 24.1 Å². The summed E-state index contributed by atoms with van der Waals surface area (Å²) in [5.41, 5.74) is 2.43. The van der Waals surface area contributed by atoms with Gasteiger partial charge in [-0.2, -0.15) is 0 Å². The van der Waals surface area contributed by atoms with E-state index in [4.69, 9.17) is 16.6 Å². The highest BCUT2D eigenvalue weighted by Gasteiger charge is 2.13. The third-order valence-corrected chi connectivity index (χ3v) is 7.45. The van der Waals surface area contributed by atoms with Crippen molar-refractivity contribution in [3.63, 3.8) is 0 Å². The van der Waals surface area contributed by atoms with E-state index in [1.54, 1.807) is 34.9 Å². The predicted molar refractivity (Wildman–Crippen MR) is 154 cm³/mol. The van der Waals surface area contributed by atoms with E-state index >= 15 is 0 Å². The molecule has 0 unspecified atom stereocenters. The fourth-order valence-electron chi connectivity index (χ4n) is 4.27. The normalized spacial score (nSPS) is 11.2. The first-order valence-corrected chi connectivity index (χ1v) is 13.9. The maximum Gasteiger partial charge on any atom is 0.262 e. The van der Waals surface area contributed by atoms with Gasteiger partial charge in [-0.25, -0.2) is 9.97 Å². The van der Waals surface area contributed by atoms with E-state index in [2.05, 4.69) is 10.3 Å². The van der Waals surface area contributed by atoms with Crippen molar-refractivity contribution >= 4 is 45.8 Å². The van der Waals surface area contributed by atoms with Crippen LogP contribution in [0.5, 0.6) is 0 Å². The summed E-state index contributed by atoms with van der Waals surface area (Å²) in [6.45, 7) is 0.907. The molecular formula is C29H26ClN5O3S. The van der Waals surface area contributed by atoms with Crippen molar-refractivity contribution in [1.29, 1.82) is 0 Å². The summed E-state index contributed by atoms with van der Waals surface area (Å²) in [4.78, 5) is 47.6. The van der Waals surface area contributed by atoms with Crippen LogP contribution in [-0.4, -0.2) is 31.4 Å². The summed E-state index contributed by atoms with van der Waals surface area (Å²) in [6.07, 6.45) is 3.08. The van der Waals surface area contributed by atoms with Gasteiger partial charge >= 0.3 is 0 Å². The first-order valence-electron chi connectivity index (χ1n) is 12.6. The summed E-state index contributed by atoms with van der Waals surface area (Å²) in [7, 11) is 0. The van der Waals surface area contributed by atoms with E-state index in [-0.39, 0.29) is 17.0 Å². The topological polar surface area (TPSA) is 98.4 Å². The van der Waals surface area contributed by atoms with Gasteiger partial charge in [0.05, 0.1) is 21.6 Å². The van der Waals surface area contributed by atoms with Gasteiger partial charge < -0.3 is 5.32 Å². The maximum atomic E-state index is 13.4. The molecule has 5 aromatic rings. The second kappa shape index (κ2) is 12.3. The van der Waals surface area contributed by atoms with Crippen LogP contribution in [0.3, 0.4) is 0 Å². The highest BCUT2D eigenvalue weighted by Crippen LogP contribution is 2.22. The van der Waals surface area contributed by atoms with Crippen LogP contribution in [0.2, 0.25) is 5.02 Å². The van der Waals surface area contributed by atoms with Gasteiger partial charge in [0.2, 0.25) is 5.91 Å². The van der Waals surface area contributed by atoms with Crippen molar-refractivity contribution in [3.05, 3.63) is 116 Å². The largest absolute Gasteiger partial charge is 0.356 e. The monoisotopic (exact) mass is 559 g/mol. The molecule has 8 nitrogen and oxygen atoms in total. The van der Waals surface area contributed by atoms with E-state index in [1.807, 2.05) is 36.4 Å². The quantitative estimate of drug-likeness (QED) is 0.200. The number of carbonyl (C=O) groups is 1. The molecule has 198 valence electrons. The van der Waals surface area contributed by atoms with Crippen LogP contribution >= 0.6 is 23.4 Å². The van der Waals surface area contributed by atoms with Crippen LogP contribution in [0.15, 0.2) is 93.7 Å². The lowest BCUT2D eigenvalue weighted by molar-refractivity contribution is -0.121. The lowest BCUT2D eigenvalue weighted by atomic mass is 10.1. The van der Waals surface area contributed by atoms with Crippen molar-refractivity contribution in [1.82, 2.24) is 24.3 Å². The number of hydrogen-bond acceptors (Lipinski definition) is 6. The number of nitrogens with zero attached hydrogens (tertiary/aromatic N) is 4. The van der Waals surface area contributed by atoms with Gasteiger partial charge in [-0.15, -0.1) is 0 Å². The highest BCUT2D eigenvalue weighted by molar-refractivity contribution is 7.98. The van der Waals surface area contributed by atoms with Crippen molar-refractivity contribution in [2.45, 2.75) is 36.7 Å². The second-order valence-corrected chi connectivity index (χ2v) is 10.4. The van der Waals surface area contributed by atoms with E-state index in [1.165, 1.54) is 34.0 Å². The van der Waals surface area contributed by atoms with Crippen molar-refractivity contribution < 1.29 is 4.79 Å². The number of halogens is 1. The number of thioether (sulfide) groups is 1. The summed E-state index contributed by atoms with van der Waals surface area (Å²) in [6, 6.07) is 22.0. The average Bonchev–Trinajstić information content (AvgIpc) is 2.94. The molecule has 0 atom stereocenters. The molecule has 3 aromatic heterocycles. The van der Waals surface area contributed by atoms with E-state index in [9.17, 15) is 14.4 Å². The number of fused-ring (bicyclic) bond motifs is 2. The Balaban J connectivity index is 1.28. The SMILES string of the molecule is O=C(CCCn1c(SCc2cc(=O)n3cc(Cl)ccc3n2)nc2ccccc2c1=O)NCCc1ccccc1. The first kappa shape index (κ1) is 26.6. The third-order valence-electron chi connectivity index (χ3n) is 6.22. The number of nitrogens with one attached hydrogen (secondary N) is 1. The number of pyridine rings is 1. The van der Waals surface area contributed by atoms with Crippen molar-refractivity contribution in [2.24, 2.45) is 0 Å². The molecule has 0 radical (unpaired) electrons. The summed E-state index contributed by atoms with van der Waals surface area (Å²) in [5.74, 6) is 0.293. The summed E-state index contributed by atoms with van der Waals surface area (Å²) >= 11 is 7.34. The minimum absolute atomic E-state index is 0.0529. The molecule has 0 fully saturated rings. The molecule has 0 aliphatic rings. The Morgan fingerprint density at radius 1 is 0.974 bits per heavy atom. The van der Waals surface area contributed by atoms with Gasteiger partial charge in [0.15, 0.2) is 5.16 Å². The van der Waals surface area contributed by atoms with Gasteiger partial charge in [0, 0.05) is 37.5 Å². The van der Waals surface area contributed by atoms with E-state index in [0.717, 1.165) is 6.42 Å². The summed E-state index contributed by atoms with van der Waals surface area (Å²) in [5, 5.41) is 4.43. The molecule has 2 aromatic carbocycles. The molecular weight excluding hydrogens is 534 g/mol. The molecule has 0 aliphatic heterocycles. The van der Waals surface area contributed by atoms with Crippen LogP contribution in [-0.2, 0) is 23.5 Å². The van der Waals surface area contributed by atoms with E-state index < -0.39 is 0 Å². The number of carbonyl (C=O) groups excluding carboxylic acids is 1. The van der Waals surface area contributed by atoms with Gasteiger partial charge in [-0.1, -0.05) is 65.8 Å². The molecule has 5 rings (SSSR count). The van der Waals surface area contributed by atoms with E-state index in [0.29, 0.717) is 64.1 Å². The van der Waals surface area contributed by atoms with Crippen LogP contribution < -0.4 is 16.4 Å². The fourth-order valence-corrected chi connectivity index (χ4v) is 5.35. The average molecular weight is 560 g/mol. The molecule has 0 bridgehead atoms. The lowest BCUT2D eigenvalue weighted by Crippen LogP contribution is -2.27. The maximum absolute atomic E-state index is 13.4. The molecule has 0 saturated carbocycles. The molecule has 1 amide bonds. The zero-order valence-corrected chi connectivity index (χ0v) is 22.6. The van der Waals surface area contributed by atoms with Gasteiger partial charge in [0.1, 0.15) is 5.65 Å². The van der Waals surface area contributed by atoms with Crippen LogP contribution in [0, 0.1) is 0 Å². The smallest absolute Gasteiger partial charge is 0.262 e. The molecule has 0 saturated heterocycles. The standard InChI is InChI=1S/C29H26ClN5O3S/c30-21-12-13-25-32-22(17-27(37)35(25)18-21)19-39-29-33-24-10-5-4-9-23(24)28(38)34(29)16-6-11-26(36)31-15-14-20-7-2-1-3-8-20/h1-5,7-10,12-13,17-18H,6,11,14-16,19H2,(H,31,36). The Hall–Kier alpha value is -3.95. The molecule has 0 aliphatic carbocycles. The molecule has 1 N–H and O–H groups in total. The Morgan fingerprint density at radius 3 is 2.62 bits per heavy atom. The third kappa shape index (κ3) is 6.55. The lowest BCUT2D eigenvalue weighted by Gasteiger charge is -2.13. The van der Waals surface area contributed by atoms with Crippen molar-refractivity contribution in [3.8, 4) is 0 Å². The molecule has 10 heteroatoms. The highest BCUT2D eigenvalue weighted by atomic mass is 35.5. The fraction of sp³-hybridized carbons (Fsp3) is 0.207. The minimum atomic E-state index is -0.236. The first-order chi connectivity index (χ1) is 19.0. The number of aromatic nitrogens is 4. The number of benzene rings is 2. The molecule has 0 spiro atoms. The van der Waals surface area contributed by atoms with Crippen LogP contribution in [0.4, 0.5) is 0 Å². The number of rotatable bonds is 10. The van der Waals surface area contributed by atoms with Gasteiger partial charge in [-0.3, -0.25) is 23.4 Å². The zero-order valence-electron chi connectivity index (χ0n) is 21.0. The van der Waals surface area contributed by atoms with Gasteiger partial charge in [0.25, 0.3) is 11.1 Å². The number of hydrogen-bond donors (Lipinski definition) is 1. The number of amides is 1. The number of para-hydroxylation sites is 1. The molecule has 39 heavy (non-hydrogen) atoms. The van der Waals surface area contributed by atoms with Crippen LogP contribution in [0.25, 0.3) is 16.6 Å². The second-order valence-electron chi connectivity index (χ2n) is 9.01. The predicted octanol–water partition coefficient (Wildman–Crippen LogP) is 4.49. The Kier molecular flexibility index (Phi) is 8.39. The van der Waals surface area contributed by atoms with Crippen molar-refractivity contribution in [2.75, 3.05) is 6.54 Å². The zero-order chi connectivity index (χ0) is 27.2.